The summed E-state index contributed by atoms with van der Waals surface area (Å²) in [6.07, 6.45) is 0. The third-order valence-electron chi connectivity index (χ3n) is 3.22. The monoisotopic (exact) mass is 375 g/mol. The minimum absolute atomic E-state index is 0.455. The fourth-order valence-electron chi connectivity index (χ4n) is 2.07. The van der Waals surface area contributed by atoms with Crippen LogP contribution < -0.4 is 5.73 Å². The summed E-state index contributed by atoms with van der Waals surface area (Å²) >= 11 is 8.81. The second kappa shape index (κ2) is 6.39. The van der Waals surface area contributed by atoms with E-state index in [0.29, 0.717) is 33.5 Å². The lowest BCUT2D eigenvalue weighted by Gasteiger charge is -2.00. The van der Waals surface area contributed by atoms with Crippen LogP contribution in [0.25, 0.3) is 21.7 Å². The Bertz CT molecular complexity index is 999. The fraction of sp³-hybridized carbons (Fsp3) is 0.0667. The summed E-state index contributed by atoms with van der Waals surface area (Å²) in [5.41, 5.74) is 6.77. The number of hydrogen-bond donors (Lipinski definition) is 1. The number of thiophene rings is 1. The average molecular weight is 376 g/mol. The molecule has 2 N–H and O–H groups in total. The maximum atomic E-state index is 5.94. The molecule has 4 rings (SSSR count). The van der Waals surface area contributed by atoms with Crippen LogP contribution in [0, 0.1) is 0 Å². The molecule has 0 aliphatic heterocycles. The number of hydrogen-bond acceptors (Lipinski definition) is 8. The number of nitrogens with zero attached hydrogens (tertiary/aromatic N) is 4. The van der Waals surface area contributed by atoms with E-state index in [-0.39, 0.29) is 0 Å². The predicted molar refractivity (Wildman–Crippen MR) is 96.1 cm³/mol. The van der Waals surface area contributed by atoms with Gasteiger partial charge in [-0.2, -0.15) is 0 Å². The molecule has 3 heterocycles. The van der Waals surface area contributed by atoms with Crippen molar-refractivity contribution in [2.75, 3.05) is 5.73 Å². The van der Waals surface area contributed by atoms with Gasteiger partial charge >= 0.3 is 0 Å². The molecule has 0 aliphatic rings. The summed E-state index contributed by atoms with van der Waals surface area (Å²) in [5.74, 6) is 1.91. The molecule has 3 aromatic heterocycles. The number of rotatable bonds is 4. The van der Waals surface area contributed by atoms with Crippen molar-refractivity contribution >= 4 is 50.7 Å². The van der Waals surface area contributed by atoms with Gasteiger partial charge in [-0.3, -0.25) is 0 Å². The summed E-state index contributed by atoms with van der Waals surface area (Å²) in [6, 6.07) is 9.15. The van der Waals surface area contributed by atoms with E-state index in [0.717, 1.165) is 15.8 Å². The molecule has 0 bridgehead atoms. The normalized spacial score (nSPS) is 11.2. The standard InChI is InChI=1S/C15H10ClN5OS2/c16-9-3-1-8(2-4-9)13-21-20-11(22-13)7-24-15-18-12(17)10-5-6-23-14(10)19-15/h1-6H,7H2,(H2,17,18,19). The van der Waals surface area contributed by atoms with Crippen molar-refractivity contribution in [3.63, 3.8) is 0 Å². The lowest BCUT2D eigenvalue weighted by molar-refractivity contribution is 0.528. The van der Waals surface area contributed by atoms with E-state index in [1.165, 1.54) is 23.1 Å². The summed E-state index contributed by atoms with van der Waals surface area (Å²) in [5, 5.41) is 12.2. The highest BCUT2D eigenvalue weighted by Gasteiger charge is 2.11. The second-order valence-electron chi connectivity index (χ2n) is 4.83. The Labute approximate surface area is 150 Å². The van der Waals surface area contributed by atoms with Crippen molar-refractivity contribution < 1.29 is 4.42 Å². The number of nitrogens with two attached hydrogens (primary N) is 1. The first-order chi connectivity index (χ1) is 11.7. The zero-order chi connectivity index (χ0) is 16.5. The van der Waals surface area contributed by atoms with Gasteiger partial charge in [0.25, 0.3) is 0 Å². The average Bonchev–Trinajstić information content (AvgIpc) is 3.23. The Morgan fingerprint density at radius 2 is 1.96 bits per heavy atom. The number of aromatic nitrogens is 4. The van der Waals surface area contributed by atoms with Gasteiger partial charge in [0.15, 0.2) is 5.16 Å². The Morgan fingerprint density at radius 1 is 1.12 bits per heavy atom. The Hall–Kier alpha value is -2.16. The molecule has 0 radical (unpaired) electrons. The molecular weight excluding hydrogens is 366 g/mol. The highest BCUT2D eigenvalue weighted by atomic mass is 35.5. The Kier molecular flexibility index (Phi) is 4.09. The van der Waals surface area contributed by atoms with E-state index in [1.807, 2.05) is 23.6 Å². The molecule has 0 fully saturated rings. The van der Waals surface area contributed by atoms with Crippen LogP contribution in [-0.4, -0.2) is 20.2 Å². The van der Waals surface area contributed by atoms with E-state index in [4.69, 9.17) is 21.8 Å². The molecule has 1 aromatic carbocycles. The topological polar surface area (TPSA) is 90.7 Å². The van der Waals surface area contributed by atoms with Crippen LogP contribution in [0.5, 0.6) is 0 Å². The molecule has 0 aliphatic carbocycles. The molecule has 120 valence electrons. The van der Waals surface area contributed by atoms with Crippen molar-refractivity contribution in [3.8, 4) is 11.5 Å². The lowest BCUT2D eigenvalue weighted by Crippen LogP contribution is -1.95. The van der Waals surface area contributed by atoms with Crippen molar-refractivity contribution in [2.45, 2.75) is 10.9 Å². The van der Waals surface area contributed by atoms with E-state index in [1.54, 1.807) is 12.1 Å². The first-order valence-corrected chi connectivity index (χ1v) is 9.15. The van der Waals surface area contributed by atoms with Gasteiger partial charge in [-0.1, -0.05) is 23.4 Å². The van der Waals surface area contributed by atoms with Crippen molar-refractivity contribution in [2.24, 2.45) is 0 Å². The first kappa shape index (κ1) is 15.4. The largest absolute Gasteiger partial charge is 0.420 e. The Balaban J connectivity index is 1.50. The van der Waals surface area contributed by atoms with Gasteiger partial charge in [0, 0.05) is 10.6 Å². The van der Waals surface area contributed by atoms with Crippen LogP contribution in [0.1, 0.15) is 5.89 Å². The molecule has 0 spiro atoms. The minimum atomic E-state index is 0.455. The zero-order valence-electron chi connectivity index (χ0n) is 12.1. The van der Waals surface area contributed by atoms with Gasteiger partial charge in [0.1, 0.15) is 10.6 Å². The molecule has 24 heavy (non-hydrogen) atoms. The quantitative estimate of drug-likeness (QED) is 0.420. The number of benzene rings is 1. The molecule has 6 nitrogen and oxygen atoms in total. The summed E-state index contributed by atoms with van der Waals surface area (Å²) in [6.45, 7) is 0. The van der Waals surface area contributed by atoms with Crippen molar-refractivity contribution in [1.29, 1.82) is 0 Å². The lowest BCUT2D eigenvalue weighted by atomic mass is 10.2. The number of fused-ring (bicyclic) bond motifs is 1. The Morgan fingerprint density at radius 3 is 2.79 bits per heavy atom. The van der Waals surface area contributed by atoms with Crippen LogP contribution in [0.3, 0.4) is 0 Å². The van der Waals surface area contributed by atoms with Crippen LogP contribution in [0.4, 0.5) is 5.82 Å². The molecule has 4 aromatic rings. The minimum Gasteiger partial charge on any atom is -0.420 e. The highest BCUT2D eigenvalue weighted by Crippen LogP contribution is 2.28. The maximum absolute atomic E-state index is 5.94. The third-order valence-corrected chi connectivity index (χ3v) is 5.11. The number of thioether (sulfide) groups is 1. The number of anilines is 1. The number of nitrogen functional groups attached to an aromatic ring is 1. The second-order valence-corrected chi connectivity index (χ2v) is 7.10. The summed E-state index contributed by atoms with van der Waals surface area (Å²) in [4.78, 5) is 9.64. The van der Waals surface area contributed by atoms with E-state index >= 15 is 0 Å². The third kappa shape index (κ3) is 3.08. The van der Waals surface area contributed by atoms with Crippen LogP contribution >= 0.6 is 34.7 Å². The molecule has 0 saturated carbocycles. The van der Waals surface area contributed by atoms with Gasteiger partial charge in [-0.25, -0.2) is 9.97 Å². The highest BCUT2D eigenvalue weighted by molar-refractivity contribution is 7.98. The van der Waals surface area contributed by atoms with Gasteiger partial charge in [-0.15, -0.1) is 21.5 Å². The van der Waals surface area contributed by atoms with Crippen LogP contribution in [0.2, 0.25) is 5.02 Å². The molecule has 0 atom stereocenters. The summed E-state index contributed by atoms with van der Waals surface area (Å²) in [7, 11) is 0. The first-order valence-electron chi connectivity index (χ1n) is 6.91. The zero-order valence-corrected chi connectivity index (χ0v) is 14.5. The van der Waals surface area contributed by atoms with Crippen molar-refractivity contribution in [3.05, 3.63) is 46.6 Å². The van der Waals surface area contributed by atoms with Gasteiger partial charge in [-0.05, 0) is 35.7 Å². The van der Waals surface area contributed by atoms with E-state index < -0.39 is 0 Å². The van der Waals surface area contributed by atoms with Gasteiger partial charge < -0.3 is 10.2 Å². The summed E-state index contributed by atoms with van der Waals surface area (Å²) < 4.78 is 5.66. The van der Waals surface area contributed by atoms with Gasteiger partial charge in [0.2, 0.25) is 11.8 Å². The van der Waals surface area contributed by atoms with Crippen LogP contribution in [0.15, 0.2) is 45.3 Å². The predicted octanol–water partition coefficient (Wildman–Crippen LogP) is 4.27. The molecular formula is C15H10ClN5OS2. The smallest absolute Gasteiger partial charge is 0.247 e. The molecule has 9 heteroatoms. The molecule has 0 unspecified atom stereocenters. The van der Waals surface area contributed by atoms with E-state index in [2.05, 4.69) is 20.2 Å². The van der Waals surface area contributed by atoms with E-state index in [9.17, 15) is 0 Å². The van der Waals surface area contributed by atoms with Crippen LogP contribution in [-0.2, 0) is 5.75 Å². The van der Waals surface area contributed by atoms with Crippen molar-refractivity contribution in [1.82, 2.24) is 20.2 Å². The fourth-order valence-corrected chi connectivity index (χ4v) is 3.71. The molecule has 0 amide bonds. The molecule has 0 saturated heterocycles. The maximum Gasteiger partial charge on any atom is 0.247 e. The van der Waals surface area contributed by atoms with Gasteiger partial charge in [0.05, 0.1) is 11.1 Å². The number of halogens is 1. The SMILES string of the molecule is Nc1nc(SCc2nnc(-c3ccc(Cl)cc3)o2)nc2sccc12.